The third-order valence-corrected chi connectivity index (χ3v) is 26.2. The summed E-state index contributed by atoms with van der Waals surface area (Å²) in [6.45, 7) is 11.2. The van der Waals surface area contributed by atoms with Crippen LogP contribution in [-0.2, 0) is 6.18 Å². The zero-order chi connectivity index (χ0) is 86.0. The smallest absolute Gasteiger partial charge is 0.416 e. The first-order valence-electron chi connectivity index (χ1n) is 41.3. The highest BCUT2D eigenvalue weighted by Crippen LogP contribution is 2.50. The molecule has 12 nitrogen and oxygen atoms in total. The average Bonchev–Trinajstić information content (AvgIpc) is 1.56. The van der Waals surface area contributed by atoms with E-state index in [0.717, 1.165) is 194 Å². The van der Waals surface area contributed by atoms with E-state index in [1.165, 1.54) is 22.9 Å². The van der Waals surface area contributed by atoms with Crippen molar-refractivity contribution in [1.82, 2.24) is 0 Å². The van der Waals surface area contributed by atoms with Crippen molar-refractivity contribution in [3.8, 4) is 24.3 Å². The van der Waals surface area contributed by atoms with Crippen LogP contribution in [0.25, 0.3) is 131 Å². The predicted molar refractivity (Wildman–Crippen MR) is 507 cm³/mol. The summed E-state index contributed by atoms with van der Waals surface area (Å²) in [4.78, 5) is 8.50. The maximum Gasteiger partial charge on any atom is 0.416 e. The van der Waals surface area contributed by atoms with E-state index >= 15 is 0 Å². The fourth-order valence-electron chi connectivity index (χ4n) is 17.7. The second-order valence-electron chi connectivity index (χ2n) is 32.9. The molecule has 600 valence electrons. The van der Waals surface area contributed by atoms with E-state index in [1.807, 2.05) is 120 Å². The van der Waals surface area contributed by atoms with Crippen LogP contribution in [-0.4, -0.2) is 8.07 Å². The number of aryl methyl sites for hydroxylation is 2. The molecule has 0 fully saturated rings. The Morgan fingerprint density at radius 2 is 0.476 bits per heavy atom. The second kappa shape index (κ2) is 30.2. The lowest BCUT2D eigenvalue weighted by molar-refractivity contribution is -0.137. The van der Waals surface area contributed by atoms with Crippen molar-refractivity contribution >= 4 is 212 Å². The van der Waals surface area contributed by atoms with E-state index in [9.17, 15) is 34.2 Å². The summed E-state index contributed by atoms with van der Waals surface area (Å²) in [5.74, 6) is 0. The highest BCUT2D eigenvalue weighted by molar-refractivity contribution is 6.88. The van der Waals surface area contributed by atoms with Gasteiger partial charge in [-0.1, -0.05) is 96.6 Å². The first-order chi connectivity index (χ1) is 61.3. The summed E-state index contributed by atoms with van der Waals surface area (Å²) in [5.41, 5.74) is 20.9. The Kier molecular flexibility index (Phi) is 18.4. The Bertz CT molecular complexity index is 7860. The normalized spacial score (nSPS) is 11.8. The Hall–Kier alpha value is -16.6. The first kappa shape index (κ1) is 76.7. The van der Waals surface area contributed by atoms with E-state index in [-0.39, 0.29) is 0 Å². The maximum absolute atomic E-state index is 13.5. The van der Waals surface area contributed by atoms with Crippen LogP contribution >= 0.6 is 0 Å². The lowest BCUT2D eigenvalue weighted by atomic mass is 10.0. The SMILES string of the molecule is Cc1ccc(N(c2ccc(C#N)cc2)c2ccc3c(ccc4c5ccc6oc7c8ccc(N(c9ccc(C#N)cc9)c9ccc(C(F)(F)F)cc9)cc8ccc7c6c5oc34)c2)cc1.Cc1ccc(N(c2ccc(C#N)cc2)c2ccc3c(ccc4c5ccc6oc7c8ccc(N(c9ccc(C#N)cc9)c9ccc([Si](C)(C)C)cc9)cc8ccc7c6c5oc34)c2)cc1. The number of anilines is 12. The van der Waals surface area contributed by atoms with Crippen LogP contribution in [0.3, 0.4) is 0 Å². The summed E-state index contributed by atoms with van der Waals surface area (Å²) in [5, 5.41) is 54.9. The molecule has 0 atom stereocenters. The lowest BCUT2D eigenvalue weighted by Crippen LogP contribution is -2.37. The summed E-state index contributed by atoms with van der Waals surface area (Å²) in [6.07, 6.45) is -4.47. The highest BCUT2D eigenvalue weighted by Gasteiger charge is 2.32. The minimum Gasteiger partial charge on any atom is -0.455 e. The molecule has 0 saturated heterocycles. The molecule has 0 saturated carbocycles. The number of hydrogen-bond acceptors (Lipinski definition) is 12. The van der Waals surface area contributed by atoms with Crippen LogP contribution in [0.4, 0.5) is 81.4 Å². The number of alkyl halides is 3. The van der Waals surface area contributed by atoms with E-state index in [4.69, 9.17) is 17.7 Å². The average molecular weight is 1650 g/mol. The zero-order valence-corrected chi connectivity index (χ0v) is 69.7. The molecule has 0 N–H and O–H groups in total. The molecule has 22 rings (SSSR count). The lowest BCUT2D eigenvalue weighted by Gasteiger charge is -2.27. The summed E-state index contributed by atoms with van der Waals surface area (Å²) < 4.78 is 67.7. The molecule has 0 amide bonds. The zero-order valence-electron chi connectivity index (χ0n) is 68.7. The van der Waals surface area contributed by atoms with Crippen LogP contribution in [0, 0.1) is 59.2 Å². The number of halogens is 3. The van der Waals surface area contributed by atoms with Gasteiger partial charge in [0.25, 0.3) is 0 Å². The van der Waals surface area contributed by atoms with Crippen LogP contribution in [0.5, 0.6) is 0 Å². The van der Waals surface area contributed by atoms with E-state index in [2.05, 4.69) is 248 Å². The number of hydrogen-bond donors (Lipinski definition) is 0. The van der Waals surface area contributed by atoms with Crippen molar-refractivity contribution < 1.29 is 30.8 Å². The van der Waals surface area contributed by atoms with Gasteiger partial charge in [0, 0.05) is 122 Å². The van der Waals surface area contributed by atoms with Gasteiger partial charge in [0.05, 0.1) is 70.9 Å². The molecule has 0 bridgehead atoms. The molecule has 126 heavy (non-hydrogen) atoms. The molecule has 18 aromatic carbocycles. The third-order valence-electron chi connectivity index (χ3n) is 24.1. The Morgan fingerprint density at radius 1 is 0.246 bits per heavy atom. The summed E-state index contributed by atoms with van der Waals surface area (Å²) in [7, 11) is -1.49. The molecule has 0 aliphatic heterocycles. The van der Waals surface area contributed by atoms with Crippen molar-refractivity contribution in [2.24, 2.45) is 0 Å². The predicted octanol–water partition coefficient (Wildman–Crippen LogP) is 31.1. The largest absolute Gasteiger partial charge is 0.455 e. The third kappa shape index (κ3) is 13.4. The van der Waals surface area contributed by atoms with E-state index in [0.29, 0.717) is 44.8 Å². The van der Waals surface area contributed by atoms with Crippen LogP contribution in [0.15, 0.2) is 357 Å². The molecular formula is C110H71F3N8O4Si. The Morgan fingerprint density at radius 3 is 0.754 bits per heavy atom. The number of fused-ring (bicyclic) bond motifs is 22. The van der Waals surface area contributed by atoms with Crippen molar-refractivity contribution in [3.05, 3.63) is 379 Å². The van der Waals surface area contributed by atoms with Crippen LogP contribution in [0.1, 0.15) is 38.9 Å². The van der Waals surface area contributed by atoms with Gasteiger partial charge in [-0.25, -0.2) is 0 Å². The monoisotopic (exact) mass is 1650 g/mol. The Balaban J connectivity index is 0.000000154. The molecule has 4 heterocycles. The summed E-state index contributed by atoms with van der Waals surface area (Å²) in [6, 6.07) is 120. The van der Waals surface area contributed by atoms with Gasteiger partial charge in [0.1, 0.15) is 44.7 Å². The molecular weight excluding hydrogens is 1580 g/mol. The Labute approximate surface area is 721 Å². The number of rotatable bonds is 13. The van der Waals surface area contributed by atoms with Gasteiger partial charge in [0.2, 0.25) is 0 Å². The maximum atomic E-state index is 13.5. The fourth-order valence-corrected chi connectivity index (χ4v) is 18.8. The minimum absolute atomic E-state index is 0.471. The molecule has 0 unspecified atom stereocenters. The van der Waals surface area contributed by atoms with Gasteiger partial charge >= 0.3 is 6.18 Å². The van der Waals surface area contributed by atoms with Crippen molar-refractivity contribution in [3.63, 3.8) is 0 Å². The summed E-state index contributed by atoms with van der Waals surface area (Å²) >= 11 is 0. The topological polar surface area (TPSA) is 161 Å². The molecule has 22 aromatic rings. The number of furan rings is 4. The number of nitriles is 4. The van der Waals surface area contributed by atoms with Gasteiger partial charge in [-0.3, -0.25) is 0 Å². The molecule has 0 spiro atoms. The first-order valence-corrected chi connectivity index (χ1v) is 44.8. The van der Waals surface area contributed by atoms with E-state index in [1.54, 1.807) is 24.3 Å². The number of nitrogens with zero attached hydrogens (tertiary/aromatic N) is 8. The molecule has 16 heteroatoms. The highest BCUT2D eigenvalue weighted by atomic mass is 28.3. The molecule has 0 aliphatic carbocycles. The second-order valence-corrected chi connectivity index (χ2v) is 38.0. The van der Waals surface area contributed by atoms with Crippen molar-refractivity contribution in [1.29, 1.82) is 21.0 Å². The quantitative estimate of drug-likeness (QED) is 0.101. The van der Waals surface area contributed by atoms with Crippen molar-refractivity contribution in [2.75, 3.05) is 19.6 Å². The number of benzene rings is 18. The molecule has 0 aliphatic rings. The van der Waals surface area contributed by atoms with Crippen molar-refractivity contribution in [2.45, 2.75) is 39.7 Å². The molecule has 4 aromatic heterocycles. The van der Waals surface area contributed by atoms with Gasteiger partial charge < -0.3 is 37.3 Å². The van der Waals surface area contributed by atoms with Gasteiger partial charge in [-0.2, -0.15) is 34.2 Å². The molecule has 0 radical (unpaired) electrons. The van der Waals surface area contributed by atoms with Gasteiger partial charge in [0.15, 0.2) is 0 Å². The fraction of sp³-hybridized carbons (Fsp3) is 0.0545. The van der Waals surface area contributed by atoms with E-state index < -0.39 is 19.8 Å². The van der Waals surface area contributed by atoms with Crippen LogP contribution < -0.4 is 24.8 Å². The van der Waals surface area contributed by atoms with Gasteiger partial charge in [-0.15, -0.1) is 0 Å². The van der Waals surface area contributed by atoms with Gasteiger partial charge in [-0.05, 0) is 314 Å². The minimum atomic E-state index is -4.47. The van der Waals surface area contributed by atoms with Crippen LogP contribution in [0.2, 0.25) is 19.6 Å². The standard InChI is InChI=1S/C56H40N4O2Si.C54H31F3N4O2/c1-35-5-13-40(14-6-35)59(41-15-7-36(33-57)8-16-41)44-21-27-47-38(31-44)11-25-49-50-29-30-52-53(56(50)62-54(47)49)51-26-12-39-32-45(22-28-48(39)55(51)61-52)60(42-17-9-37(34-58)10-18-42)43-19-23-46(24-20-43)63(2,3)4;1-32-2-12-38(13-3-32)60(39-14-4-33(30-58)5-15-39)42-20-24-44-35(28-42)8-22-46-47-26-27-49-50(53(47)63-51(44)46)48-23-9-36-29-43(21-25-45(36)52(48)62-49)61(40-16-6-34(31-59)7-17-40)41-18-10-37(11-19-41)54(55,56)57/h5-32H,1-4H3;2-29H,1H3.